The summed E-state index contributed by atoms with van der Waals surface area (Å²) in [4.78, 5) is 27.4. The monoisotopic (exact) mass is 427 g/mol. The number of nitrogens with one attached hydrogen (secondary N) is 1. The Hall–Kier alpha value is -3.42. The molecule has 1 N–H and O–H groups in total. The van der Waals surface area contributed by atoms with Crippen molar-refractivity contribution in [3.63, 3.8) is 0 Å². The maximum Gasteiger partial charge on any atom is 0.271 e. The van der Waals surface area contributed by atoms with Gasteiger partial charge in [-0.1, -0.05) is 35.3 Å². The molecule has 144 valence electrons. The van der Waals surface area contributed by atoms with Gasteiger partial charge in [-0.3, -0.25) is 14.9 Å². The minimum atomic E-state index is -0.502. The Morgan fingerprint density at radius 3 is 2.62 bits per heavy atom. The van der Waals surface area contributed by atoms with E-state index in [2.05, 4.69) is 10.3 Å². The second kappa shape index (κ2) is 7.54. The summed E-state index contributed by atoms with van der Waals surface area (Å²) in [5, 5.41) is 14.4. The number of para-hydroxylation sites is 1. The highest BCUT2D eigenvalue weighted by molar-refractivity contribution is 6.37. The molecule has 0 unspecified atom stereocenters. The molecule has 4 aromatic rings. The summed E-state index contributed by atoms with van der Waals surface area (Å²) >= 11 is 12.0. The molecule has 1 amide bonds. The smallest absolute Gasteiger partial charge is 0.271 e. The predicted octanol–water partition coefficient (Wildman–Crippen LogP) is 5.96. The lowest BCUT2D eigenvalue weighted by Gasteiger charge is -2.10. The van der Waals surface area contributed by atoms with E-state index in [0.29, 0.717) is 27.4 Å². The Labute approximate surface area is 174 Å². The van der Waals surface area contributed by atoms with Crippen LogP contribution in [0.25, 0.3) is 22.6 Å². The maximum atomic E-state index is 12.7. The van der Waals surface area contributed by atoms with E-state index in [9.17, 15) is 14.9 Å². The van der Waals surface area contributed by atoms with Crippen LogP contribution in [0.2, 0.25) is 10.0 Å². The summed E-state index contributed by atoms with van der Waals surface area (Å²) in [6.07, 6.45) is 0. The van der Waals surface area contributed by atoms with Gasteiger partial charge >= 0.3 is 0 Å². The number of oxazole rings is 1. The lowest BCUT2D eigenvalue weighted by atomic mass is 10.1. The maximum absolute atomic E-state index is 12.7. The fourth-order valence-corrected chi connectivity index (χ4v) is 3.28. The first kappa shape index (κ1) is 18.9. The van der Waals surface area contributed by atoms with Crippen molar-refractivity contribution in [1.29, 1.82) is 0 Å². The van der Waals surface area contributed by atoms with Crippen molar-refractivity contribution in [1.82, 2.24) is 4.98 Å². The van der Waals surface area contributed by atoms with Crippen molar-refractivity contribution in [3.05, 3.63) is 86.4 Å². The van der Waals surface area contributed by atoms with E-state index in [0.717, 1.165) is 0 Å². The molecule has 0 bridgehead atoms. The molecule has 7 nitrogen and oxygen atoms in total. The Bertz CT molecular complexity index is 1270. The lowest BCUT2D eigenvalue weighted by molar-refractivity contribution is -0.384. The molecule has 0 atom stereocenters. The number of benzene rings is 3. The summed E-state index contributed by atoms with van der Waals surface area (Å²) in [7, 11) is 0. The summed E-state index contributed by atoms with van der Waals surface area (Å²) in [6, 6.07) is 15.7. The fourth-order valence-electron chi connectivity index (χ4n) is 2.79. The number of nitro groups is 1. The van der Waals surface area contributed by atoms with Gasteiger partial charge < -0.3 is 9.73 Å². The summed E-state index contributed by atoms with van der Waals surface area (Å²) < 4.78 is 5.73. The molecule has 0 spiro atoms. The third-order valence-electron chi connectivity index (χ3n) is 4.16. The topological polar surface area (TPSA) is 98.3 Å². The van der Waals surface area contributed by atoms with Crippen molar-refractivity contribution in [2.24, 2.45) is 0 Å². The highest BCUT2D eigenvalue weighted by Gasteiger charge is 2.17. The second-order valence-electron chi connectivity index (χ2n) is 6.05. The van der Waals surface area contributed by atoms with Crippen molar-refractivity contribution in [2.75, 3.05) is 5.32 Å². The quantitative estimate of drug-likeness (QED) is 0.319. The number of amides is 1. The first-order chi connectivity index (χ1) is 13.9. The van der Waals surface area contributed by atoms with Gasteiger partial charge in [0.25, 0.3) is 11.6 Å². The van der Waals surface area contributed by atoms with Gasteiger partial charge in [0.2, 0.25) is 5.89 Å². The van der Waals surface area contributed by atoms with Crippen LogP contribution in [0.15, 0.2) is 65.1 Å². The zero-order chi connectivity index (χ0) is 20.5. The Morgan fingerprint density at radius 1 is 1.07 bits per heavy atom. The van der Waals surface area contributed by atoms with Crippen molar-refractivity contribution >= 4 is 51.6 Å². The molecule has 0 saturated heterocycles. The molecule has 0 fully saturated rings. The van der Waals surface area contributed by atoms with Crippen LogP contribution in [0.1, 0.15) is 10.4 Å². The molecule has 1 aromatic heterocycles. The number of nitro benzene ring substituents is 1. The number of carbonyl (C=O) groups is 1. The number of carbonyl (C=O) groups excluding carboxylic acids is 1. The summed E-state index contributed by atoms with van der Waals surface area (Å²) in [5.74, 6) is -0.204. The molecule has 3 aromatic carbocycles. The predicted molar refractivity (Wildman–Crippen MR) is 111 cm³/mol. The van der Waals surface area contributed by atoms with Crippen LogP contribution >= 0.6 is 23.2 Å². The molecule has 0 aliphatic carbocycles. The van der Waals surface area contributed by atoms with E-state index in [1.807, 2.05) is 0 Å². The van der Waals surface area contributed by atoms with Gasteiger partial charge in [-0.05, 0) is 36.4 Å². The highest BCUT2D eigenvalue weighted by atomic mass is 35.5. The minimum Gasteiger partial charge on any atom is -0.436 e. The Kier molecular flexibility index (Phi) is 4.92. The second-order valence-corrected chi connectivity index (χ2v) is 6.90. The molecule has 0 aliphatic rings. The molecular formula is C20H11Cl2N3O4. The van der Waals surface area contributed by atoms with Gasteiger partial charge in [-0.2, -0.15) is 0 Å². The SMILES string of the molecule is O=C(Nc1ccccc1-c1nc2cc([N+](=O)[O-])ccc2o1)c1ccc(Cl)cc1Cl. The number of hydrogen-bond donors (Lipinski definition) is 1. The largest absolute Gasteiger partial charge is 0.436 e. The van der Waals surface area contributed by atoms with Crippen LogP contribution in [0.3, 0.4) is 0 Å². The number of non-ortho nitro benzene ring substituents is 1. The molecule has 0 radical (unpaired) electrons. The van der Waals surface area contributed by atoms with Gasteiger partial charge in [0.1, 0.15) is 5.52 Å². The van der Waals surface area contributed by atoms with Gasteiger partial charge in [0.15, 0.2) is 5.58 Å². The highest BCUT2D eigenvalue weighted by Crippen LogP contribution is 2.32. The van der Waals surface area contributed by atoms with Gasteiger partial charge in [0, 0.05) is 17.2 Å². The number of hydrogen-bond acceptors (Lipinski definition) is 5. The average Bonchev–Trinajstić information content (AvgIpc) is 3.11. The standard InChI is InChI=1S/C20H11Cl2N3O4/c21-11-5-7-13(15(22)9-11)19(26)23-16-4-2-1-3-14(16)20-24-17-10-12(25(27)28)6-8-18(17)29-20/h1-10H,(H,23,26). The molecule has 29 heavy (non-hydrogen) atoms. The summed E-state index contributed by atoms with van der Waals surface area (Å²) in [6.45, 7) is 0. The van der Waals surface area contributed by atoms with Crippen molar-refractivity contribution in [3.8, 4) is 11.5 Å². The van der Waals surface area contributed by atoms with E-state index >= 15 is 0 Å². The fraction of sp³-hybridized carbons (Fsp3) is 0. The van der Waals surface area contributed by atoms with Crippen LogP contribution in [-0.2, 0) is 0 Å². The van der Waals surface area contributed by atoms with Gasteiger partial charge in [-0.15, -0.1) is 0 Å². The molecule has 9 heteroatoms. The van der Waals surface area contributed by atoms with Crippen LogP contribution in [0, 0.1) is 10.1 Å². The summed E-state index contributed by atoms with van der Waals surface area (Å²) in [5.41, 5.74) is 1.88. The van der Waals surface area contributed by atoms with Crippen molar-refractivity contribution in [2.45, 2.75) is 0 Å². The van der Waals surface area contributed by atoms with Gasteiger partial charge in [-0.25, -0.2) is 4.98 Å². The number of rotatable bonds is 4. The molecule has 4 rings (SSSR count). The van der Waals surface area contributed by atoms with Crippen LogP contribution in [0.5, 0.6) is 0 Å². The zero-order valence-corrected chi connectivity index (χ0v) is 16.1. The molecular weight excluding hydrogens is 417 g/mol. The van der Waals surface area contributed by atoms with Gasteiger partial charge in [0.05, 0.1) is 26.8 Å². The first-order valence-electron chi connectivity index (χ1n) is 8.33. The van der Waals surface area contributed by atoms with Crippen LogP contribution in [-0.4, -0.2) is 15.8 Å². The molecule has 1 heterocycles. The Morgan fingerprint density at radius 2 is 1.86 bits per heavy atom. The number of fused-ring (bicyclic) bond motifs is 1. The van der Waals surface area contributed by atoms with E-state index in [1.165, 1.54) is 30.3 Å². The number of aromatic nitrogens is 1. The van der Waals surface area contributed by atoms with E-state index in [4.69, 9.17) is 27.6 Å². The van der Waals surface area contributed by atoms with E-state index < -0.39 is 10.8 Å². The van der Waals surface area contributed by atoms with Crippen LogP contribution in [0.4, 0.5) is 11.4 Å². The number of anilines is 1. The Balaban J connectivity index is 1.71. The van der Waals surface area contributed by atoms with Crippen molar-refractivity contribution < 1.29 is 14.1 Å². The lowest BCUT2D eigenvalue weighted by Crippen LogP contribution is -2.13. The number of nitrogens with zero attached hydrogens (tertiary/aromatic N) is 2. The molecule has 0 saturated carbocycles. The van der Waals surface area contributed by atoms with E-state index in [1.54, 1.807) is 30.3 Å². The normalized spacial score (nSPS) is 10.8. The zero-order valence-electron chi connectivity index (χ0n) is 14.6. The third kappa shape index (κ3) is 3.78. The van der Waals surface area contributed by atoms with Crippen LogP contribution < -0.4 is 5.32 Å². The first-order valence-corrected chi connectivity index (χ1v) is 9.09. The minimum absolute atomic E-state index is 0.0867. The third-order valence-corrected chi connectivity index (χ3v) is 4.71. The average molecular weight is 428 g/mol. The number of halogens is 2. The molecule has 0 aliphatic heterocycles. The van der Waals surface area contributed by atoms with E-state index in [-0.39, 0.29) is 22.2 Å².